The number of carbonyl (C=O) groups is 1. The highest BCUT2D eigenvalue weighted by atomic mass is 16.3. The molecule has 4 heteroatoms. The van der Waals surface area contributed by atoms with Gasteiger partial charge in [-0.25, -0.2) is 4.79 Å². The van der Waals surface area contributed by atoms with E-state index in [2.05, 4.69) is 36.5 Å². The van der Waals surface area contributed by atoms with Gasteiger partial charge in [0.1, 0.15) is 0 Å². The summed E-state index contributed by atoms with van der Waals surface area (Å²) in [4.78, 5) is 14.0. The van der Waals surface area contributed by atoms with Crippen molar-refractivity contribution in [3.63, 3.8) is 0 Å². The van der Waals surface area contributed by atoms with Crippen molar-refractivity contribution in [1.82, 2.24) is 10.2 Å². The van der Waals surface area contributed by atoms with Gasteiger partial charge in [-0.2, -0.15) is 0 Å². The molecule has 2 aliphatic rings. The number of aliphatic hydroxyl groups excluding tert-OH is 1. The number of nitrogens with one attached hydrogen (secondary N) is 1. The molecule has 0 radical (unpaired) electrons. The fraction of sp³-hybridized carbons (Fsp3) is 0.611. The third kappa shape index (κ3) is 3.80. The molecule has 2 saturated carbocycles. The lowest BCUT2D eigenvalue weighted by molar-refractivity contribution is 0.112. The van der Waals surface area contributed by atoms with Crippen molar-refractivity contribution in [2.45, 2.75) is 44.8 Å². The topological polar surface area (TPSA) is 52.6 Å². The molecule has 0 spiro atoms. The summed E-state index contributed by atoms with van der Waals surface area (Å²) in [5.74, 6) is 0.944. The molecule has 2 fully saturated rings. The quantitative estimate of drug-likeness (QED) is 0.849. The second-order valence-corrected chi connectivity index (χ2v) is 6.96. The number of carbonyl (C=O) groups excluding carboxylic acids is 1. The number of aliphatic hydroxyl groups is 1. The van der Waals surface area contributed by atoms with Gasteiger partial charge in [0.2, 0.25) is 0 Å². The van der Waals surface area contributed by atoms with E-state index in [-0.39, 0.29) is 18.2 Å². The van der Waals surface area contributed by atoms with Crippen LogP contribution in [0.3, 0.4) is 0 Å². The molecule has 2 N–H and O–H groups in total. The van der Waals surface area contributed by atoms with Crippen LogP contribution < -0.4 is 5.32 Å². The first-order chi connectivity index (χ1) is 10.5. The van der Waals surface area contributed by atoms with Crippen LogP contribution in [0.4, 0.5) is 4.79 Å². The van der Waals surface area contributed by atoms with Crippen molar-refractivity contribution >= 4 is 6.03 Å². The molecule has 0 aliphatic heterocycles. The summed E-state index contributed by atoms with van der Waals surface area (Å²) in [6, 6.07) is 8.41. The number of aryl methyl sites for hydroxylation is 1. The lowest BCUT2D eigenvalue weighted by atomic mass is 10.0. The van der Waals surface area contributed by atoms with Gasteiger partial charge in [0.25, 0.3) is 0 Å². The first-order valence-corrected chi connectivity index (χ1v) is 8.31. The van der Waals surface area contributed by atoms with Gasteiger partial charge in [0.15, 0.2) is 0 Å². The van der Waals surface area contributed by atoms with E-state index in [4.69, 9.17) is 0 Å². The van der Waals surface area contributed by atoms with Crippen LogP contribution in [-0.2, 0) is 0 Å². The van der Waals surface area contributed by atoms with Crippen molar-refractivity contribution in [3.8, 4) is 0 Å². The molecular formula is C18H26N2O2. The van der Waals surface area contributed by atoms with Crippen molar-refractivity contribution in [2.24, 2.45) is 11.8 Å². The smallest absolute Gasteiger partial charge is 0.317 e. The number of rotatable bonds is 6. The minimum absolute atomic E-state index is 0.0859. The molecule has 2 amide bonds. The summed E-state index contributed by atoms with van der Waals surface area (Å²) < 4.78 is 0. The highest BCUT2D eigenvalue weighted by Gasteiger charge is 2.35. The van der Waals surface area contributed by atoms with Gasteiger partial charge in [0, 0.05) is 13.6 Å². The Morgan fingerprint density at radius 2 is 1.82 bits per heavy atom. The predicted octanol–water partition coefficient (Wildman–Crippen LogP) is 2.86. The van der Waals surface area contributed by atoms with Crippen LogP contribution in [0.1, 0.15) is 42.9 Å². The molecule has 22 heavy (non-hydrogen) atoms. The number of hydrogen-bond donors (Lipinski definition) is 2. The maximum absolute atomic E-state index is 12.4. The van der Waals surface area contributed by atoms with E-state index in [1.165, 1.54) is 24.0 Å². The van der Waals surface area contributed by atoms with Gasteiger partial charge in [-0.05, 0) is 50.0 Å². The van der Waals surface area contributed by atoms with Crippen LogP contribution in [0.2, 0.25) is 0 Å². The zero-order valence-electron chi connectivity index (χ0n) is 13.5. The molecule has 0 heterocycles. The summed E-state index contributed by atoms with van der Waals surface area (Å²) in [5.41, 5.74) is 2.41. The largest absolute Gasteiger partial charge is 0.391 e. The van der Waals surface area contributed by atoms with Crippen molar-refractivity contribution in [2.75, 3.05) is 13.6 Å². The Bertz CT molecular complexity index is 520. The number of nitrogens with zero attached hydrogens (tertiary/aromatic N) is 1. The number of amides is 2. The van der Waals surface area contributed by atoms with E-state index in [1.807, 2.05) is 0 Å². The number of benzene rings is 1. The van der Waals surface area contributed by atoms with Crippen molar-refractivity contribution < 1.29 is 9.90 Å². The van der Waals surface area contributed by atoms with Gasteiger partial charge in [-0.15, -0.1) is 0 Å². The normalized spacial score (nSPS) is 20.3. The fourth-order valence-corrected chi connectivity index (χ4v) is 2.91. The third-order valence-corrected chi connectivity index (χ3v) is 4.78. The number of likely N-dealkylation sites (N-methyl/N-ethyl adjacent to an activating group) is 1. The highest BCUT2D eigenvalue weighted by Crippen LogP contribution is 2.41. The highest BCUT2D eigenvalue weighted by molar-refractivity contribution is 5.74. The first kappa shape index (κ1) is 15.3. The van der Waals surface area contributed by atoms with Crippen LogP contribution >= 0.6 is 0 Å². The van der Waals surface area contributed by atoms with Crippen LogP contribution in [-0.4, -0.2) is 35.7 Å². The molecule has 2 unspecified atom stereocenters. The average molecular weight is 302 g/mol. The second-order valence-electron chi connectivity index (χ2n) is 6.96. The zero-order valence-corrected chi connectivity index (χ0v) is 13.5. The standard InChI is InChI=1S/C18H26N2O2/c1-12-3-5-14(6-4-12)17(15-9-10-15)19-18(22)20(2)11-16(21)13-7-8-13/h3-6,13,15-17,21H,7-11H2,1-2H3,(H,19,22). The summed E-state index contributed by atoms with van der Waals surface area (Å²) >= 11 is 0. The Kier molecular flexibility index (Phi) is 4.39. The summed E-state index contributed by atoms with van der Waals surface area (Å²) in [7, 11) is 1.76. The third-order valence-electron chi connectivity index (χ3n) is 4.78. The average Bonchev–Trinajstić information content (AvgIpc) is 3.38. The van der Waals surface area contributed by atoms with E-state index in [0.29, 0.717) is 18.4 Å². The molecular weight excluding hydrogens is 276 g/mol. The lowest BCUT2D eigenvalue weighted by Gasteiger charge is -2.25. The molecule has 0 bridgehead atoms. The lowest BCUT2D eigenvalue weighted by Crippen LogP contribution is -2.43. The van der Waals surface area contributed by atoms with E-state index in [1.54, 1.807) is 11.9 Å². The van der Waals surface area contributed by atoms with Gasteiger partial charge in [-0.1, -0.05) is 29.8 Å². The Balaban J connectivity index is 1.60. The molecule has 4 nitrogen and oxygen atoms in total. The molecule has 120 valence electrons. The maximum atomic E-state index is 12.4. The van der Waals surface area contributed by atoms with Gasteiger partial charge < -0.3 is 15.3 Å². The summed E-state index contributed by atoms with van der Waals surface area (Å²) in [6.45, 7) is 2.49. The molecule has 0 aromatic heterocycles. The van der Waals surface area contributed by atoms with Crippen molar-refractivity contribution in [1.29, 1.82) is 0 Å². The number of urea groups is 1. The summed E-state index contributed by atoms with van der Waals surface area (Å²) in [6.07, 6.45) is 4.14. The monoisotopic (exact) mass is 302 g/mol. The Morgan fingerprint density at radius 1 is 1.23 bits per heavy atom. The summed E-state index contributed by atoms with van der Waals surface area (Å²) in [5, 5.41) is 13.1. The zero-order chi connectivity index (χ0) is 15.7. The first-order valence-electron chi connectivity index (χ1n) is 8.31. The second kappa shape index (κ2) is 6.29. The molecule has 1 aromatic rings. The molecule has 2 aliphatic carbocycles. The van der Waals surface area contributed by atoms with Crippen LogP contribution in [0.25, 0.3) is 0 Å². The van der Waals surface area contributed by atoms with Gasteiger partial charge in [-0.3, -0.25) is 0 Å². The SMILES string of the molecule is Cc1ccc(C(NC(=O)N(C)CC(O)C2CC2)C2CC2)cc1. The predicted molar refractivity (Wildman–Crippen MR) is 86.5 cm³/mol. The molecule has 2 atom stereocenters. The van der Waals surface area contributed by atoms with Gasteiger partial charge >= 0.3 is 6.03 Å². The molecule has 0 saturated heterocycles. The van der Waals surface area contributed by atoms with E-state index in [9.17, 15) is 9.90 Å². The van der Waals surface area contributed by atoms with E-state index < -0.39 is 0 Å². The Hall–Kier alpha value is -1.55. The Morgan fingerprint density at radius 3 is 2.36 bits per heavy atom. The van der Waals surface area contributed by atoms with Crippen LogP contribution in [0.15, 0.2) is 24.3 Å². The van der Waals surface area contributed by atoms with Crippen LogP contribution in [0, 0.1) is 18.8 Å². The minimum atomic E-state index is -0.380. The van der Waals surface area contributed by atoms with Gasteiger partial charge in [0.05, 0.1) is 12.1 Å². The fourth-order valence-electron chi connectivity index (χ4n) is 2.91. The molecule has 3 rings (SSSR count). The Labute approximate surface area is 132 Å². The van der Waals surface area contributed by atoms with Crippen LogP contribution in [0.5, 0.6) is 0 Å². The van der Waals surface area contributed by atoms with E-state index >= 15 is 0 Å². The number of hydrogen-bond acceptors (Lipinski definition) is 2. The van der Waals surface area contributed by atoms with E-state index in [0.717, 1.165) is 12.8 Å². The van der Waals surface area contributed by atoms with Crippen molar-refractivity contribution in [3.05, 3.63) is 35.4 Å². The molecule has 1 aromatic carbocycles. The minimum Gasteiger partial charge on any atom is -0.391 e. The maximum Gasteiger partial charge on any atom is 0.317 e.